The SMILES string of the molecule is C[C@H]1COCCN1c1cc(CS(C)(=O)=O)nc(-c2ccc(N(S)C(=O)Nc3ccc(F)cc3)cc2)n1. The van der Waals surface area contributed by atoms with Crippen LogP contribution < -0.4 is 14.5 Å². The summed E-state index contributed by atoms with van der Waals surface area (Å²) in [4.78, 5) is 23.8. The lowest BCUT2D eigenvalue weighted by atomic mass is 10.2. The molecule has 0 radical (unpaired) electrons. The Labute approximate surface area is 214 Å². The van der Waals surface area contributed by atoms with Gasteiger partial charge in [-0.15, -0.1) is 0 Å². The molecule has 2 heterocycles. The molecule has 12 heteroatoms. The molecule has 0 unspecified atom stereocenters. The number of urea groups is 1. The number of ether oxygens (including phenoxy) is 1. The Balaban J connectivity index is 1.58. The molecule has 0 bridgehead atoms. The second kappa shape index (κ2) is 10.8. The van der Waals surface area contributed by atoms with Crippen molar-refractivity contribution in [2.75, 3.05) is 40.5 Å². The lowest BCUT2D eigenvalue weighted by Gasteiger charge is -2.34. The quantitative estimate of drug-likeness (QED) is 0.465. The van der Waals surface area contributed by atoms with Gasteiger partial charge in [-0.1, -0.05) is 12.8 Å². The monoisotopic (exact) mass is 531 g/mol. The van der Waals surface area contributed by atoms with Crippen LogP contribution in [0, 0.1) is 5.82 Å². The summed E-state index contributed by atoms with van der Waals surface area (Å²) in [5, 5.41) is 2.64. The smallest absolute Gasteiger partial charge is 0.336 e. The van der Waals surface area contributed by atoms with Crippen LogP contribution in [0.3, 0.4) is 0 Å². The number of thiol groups is 1. The van der Waals surface area contributed by atoms with Gasteiger partial charge in [-0.05, 0) is 55.5 Å². The highest BCUT2D eigenvalue weighted by molar-refractivity contribution is 7.89. The predicted molar refractivity (Wildman–Crippen MR) is 141 cm³/mol. The zero-order valence-electron chi connectivity index (χ0n) is 19.8. The number of anilines is 3. The van der Waals surface area contributed by atoms with Gasteiger partial charge in [0.05, 0.1) is 36.4 Å². The first-order valence-corrected chi connectivity index (χ1v) is 13.6. The van der Waals surface area contributed by atoms with Gasteiger partial charge in [-0.3, -0.25) is 0 Å². The zero-order valence-corrected chi connectivity index (χ0v) is 21.5. The second-order valence-corrected chi connectivity index (χ2v) is 11.1. The van der Waals surface area contributed by atoms with Crippen molar-refractivity contribution < 1.29 is 22.3 Å². The van der Waals surface area contributed by atoms with Crippen molar-refractivity contribution in [3.63, 3.8) is 0 Å². The van der Waals surface area contributed by atoms with Crippen molar-refractivity contribution in [2.45, 2.75) is 18.7 Å². The van der Waals surface area contributed by atoms with Crippen LogP contribution in [0.4, 0.5) is 26.4 Å². The number of rotatable bonds is 6. The first-order chi connectivity index (χ1) is 17.1. The van der Waals surface area contributed by atoms with Crippen LogP contribution in [0.15, 0.2) is 54.6 Å². The molecule has 36 heavy (non-hydrogen) atoms. The number of benzene rings is 2. The van der Waals surface area contributed by atoms with Crippen LogP contribution >= 0.6 is 12.8 Å². The topological polar surface area (TPSA) is 105 Å². The Morgan fingerprint density at radius 1 is 1.19 bits per heavy atom. The van der Waals surface area contributed by atoms with E-state index in [-0.39, 0.29) is 11.8 Å². The minimum Gasteiger partial charge on any atom is -0.377 e. The van der Waals surface area contributed by atoms with Crippen molar-refractivity contribution in [3.05, 3.63) is 66.1 Å². The third-order valence-corrected chi connectivity index (χ3v) is 6.73. The number of amides is 2. The number of sulfone groups is 1. The summed E-state index contributed by atoms with van der Waals surface area (Å²) in [6.07, 6.45) is 1.17. The van der Waals surface area contributed by atoms with Crippen molar-refractivity contribution in [2.24, 2.45) is 0 Å². The number of carbonyl (C=O) groups is 1. The number of hydrogen-bond acceptors (Lipinski definition) is 8. The molecule has 1 N–H and O–H groups in total. The Hall–Kier alpha value is -3.22. The molecule has 1 fully saturated rings. The molecule has 0 aliphatic carbocycles. The maximum atomic E-state index is 13.1. The fraction of sp³-hybridized carbons (Fsp3) is 0.292. The lowest BCUT2D eigenvalue weighted by Crippen LogP contribution is -2.44. The van der Waals surface area contributed by atoms with Crippen LogP contribution in [-0.4, -0.2) is 56.5 Å². The average molecular weight is 532 g/mol. The second-order valence-electron chi connectivity index (χ2n) is 8.52. The summed E-state index contributed by atoms with van der Waals surface area (Å²) in [5.74, 6) is 0.395. The molecular formula is C24H26FN5O4S2. The third kappa shape index (κ3) is 6.50. The van der Waals surface area contributed by atoms with Gasteiger partial charge in [0, 0.05) is 30.1 Å². The molecule has 1 aromatic heterocycles. The van der Waals surface area contributed by atoms with Crippen molar-refractivity contribution in [1.82, 2.24) is 9.97 Å². The third-order valence-electron chi connectivity index (χ3n) is 5.50. The minimum absolute atomic E-state index is 0.0762. The molecule has 3 aromatic rings. The Bertz CT molecular complexity index is 1340. The highest BCUT2D eigenvalue weighted by atomic mass is 32.2. The van der Waals surface area contributed by atoms with Crippen LogP contribution in [-0.2, 0) is 20.3 Å². The standard InChI is InChI=1S/C24H26FN5O4S2/c1-16-14-34-12-11-29(16)22-13-20(15-36(2,32)33)26-23(28-22)17-3-9-21(10-4-17)30(35)24(31)27-19-7-5-18(25)6-8-19/h3-10,13,16,35H,11-12,14-15H2,1-2H3,(H,27,31)/t16-/m0/s1. The van der Waals surface area contributed by atoms with E-state index in [0.717, 1.165) is 4.31 Å². The zero-order chi connectivity index (χ0) is 25.9. The van der Waals surface area contributed by atoms with Gasteiger partial charge in [0.15, 0.2) is 15.7 Å². The lowest BCUT2D eigenvalue weighted by molar-refractivity contribution is 0.0985. The first-order valence-electron chi connectivity index (χ1n) is 11.1. The van der Waals surface area contributed by atoms with Crippen LogP contribution in [0.1, 0.15) is 12.6 Å². The van der Waals surface area contributed by atoms with Gasteiger partial charge in [0.1, 0.15) is 11.6 Å². The molecule has 9 nitrogen and oxygen atoms in total. The molecule has 1 aliphatic heterocycles. The van der Waals surface area contributed by atoms with Gasteiger partial charge >= 0.3 is 6.03 Å². The first kappa shape index (κ1) is 25.9. The van der Waals surface area contributed by atoms with Crippen LogP contribution in [0.25, 0.3) is 11.4 Å². The predicted octanol–water partition coefficient (Wildman–Crippen LogP) is 3.94. The van der Waals surface area contributed by atoms with Crippen molar-refractivity contribution in [3.8, 4) is 11.4 Å². The molecule has 190 valence electrons. The Morgan fingerprint density at radius 2 is 1.89 bits per heavy atom. The Kier molecular flexibility index (Phi) is 7.76. The molecule has 2 aromatic carbocycles. The molecule has 2 amide bonds. The Morgan fingerprint density at radius 3 is 2.53 bits per heavy atom. The van der Waals surface area contributed by atoms with E-state index >= 15 is 0 Å². The molecular weight excluding hydrogens is 505 g/mol. The summed E-state index contributed by atoms with van der Waals surface area (Å²) in [6, 6.07) is 13.5. The van der Waals surface area contributed by atoms with E-state index < -0.39 is 21.7 Å². The fourth-order valence-electron chi connectivity index (χ4n) is 3.75. The minimum atomic E-state index is -3.31. The van der Waals surface area contributed by atoms with Gasteiger partial charge in [0.25, 0.3) is 0 Å². The average Bonchev–Trinajstić information content (AvgIpc) is 2.84. The number of nitrogens with one attached hydrogen (secondary N) is 1. The van der Waals surface area contributed by atoms with E-state index in [4.69, 9.17) is 9.72 Å². The number of hydrogen-bond donors (Lipinski definition) is 2. The molecule has 1 atom stereocenters. The molecule has 0 spiro atoms. The van der Waals surface area contributed by atoms with E-state index in [0.29, 0.717) is 54.0 Å². The van der Waals surface area contributed by atoms with Crippen molar-refractivity contribution in [1.29, 1.82) is 0 Å². The van der Waals surface area contributed by atoms with E-state index in [1.54, 1.807) is 30.3 Å². The number of halogens is 1. The van der Waals surface area contributed by atoms with Crippen molar-refractivity contribution >= 4 is 45.9 Å². The van der Waals surface area contributed by atoms with Gasteiger partial charge in [0.2, 0.25) is 0 Å². The number of aromatic nitrogens is 2. The summed E-state index contributed by atoms with van der Waals surface area (Å²) >= 11 is 4.28. The fourth-order valence-corrected chi connectivity index (χ4v) is 4.62. The number of morpholine rings is 1. The van der Waals surface area contributed by atoms with E-state index in [1.807, 2.05) is 6.92 Å². The highest BCUT2D eigenvalue weighted by Gasteiger charge is 2.23. The van der Waals surface area contributed by atoms with E-state index in [9.17, 15) is 17.6 Å². The summed E-state index contributed by atoms with van der Waals surface area (Å²) < 4.78 is 43.7. The maximum absolute atomic E-state index is 13.1. The number of nitrogens with zero attached hydrogens (tertiary/aromatic N) is 4. The molecule has 1 saturated heterocycles. The van der Waals surface area contributed by atoms with E-state index in [2.05, 4.69) is 28.0 Å². The highest BCUT2D eigenvalue weighted by Crippen LogP contribution is 2.26. The number of carbonyl (C=O) groups excluding carboxylic acids is 1. The molecule has 0 saturated carbocycles. The largest absolute Gasteiger partial charge is 0.377 e. The summed E-state index contributed by atoms with van der Waals surface area (Å²) in [7, 11) is -3.31. The maximum Gasteiger partial charge on any atom is 0.336 e. The van der Waals surface area contributed by atoms with Crippen LogP contribution in [0.2, 0.25) is 0 Å². The summed E-state index contributed by atoms with van der Waals surface area (Å²) in [6.45, 7) is 3.75. The van der Waals surface area contributed by atoms with Crippen LogP contribution in [0.5, 0.6) is 0 Å². The normalized spacial score (nSPS) is 16.0. The molecule has 4 rings (SSSR count). The summed E-state index contributed by atoms with van der Waals surface area (Å²) in [5.41, 5.74) is 1.96. The van der Waals surface area contributed by atoms with Gasteiger partial charge in [-0.2, -0.15) is 0 Å². The van der Waals surface area contributed by atoms with E-state index in [1.165, 1.54) is 30.5 Å². The van der Waals surface area contributed by atoms with Gasteiger partial charge < -0.3 is 15.0 Å². The van der Waals surface area contributed by atoms with Gasteiger partial charge in [-0.25, -0.2) is 31.9 Å². The molecule has 1 aliphatic rings.